The van der Waals surface area contributed by atoms with Gasteiger partial charge in [-0.3, -0.25) is 14.5 Å². The summed E-state index contributed by atoms with van der Waals surface area (Å²) in [5.74, 6) is -1.06. The molecule has 1 amide bonds. The fraction of sp³-hybridized carbons (Fsp3) is 0.818. The van der Waals surface area contributed by atoms with E-state index in [1.165, 1.54) is 0 Å². The third-order valence-corrected chi connectivity index (χ3v) is 2.84. The summed E-state index contributed by atoms with van der Waals surface area (Å²) in [7, 11) is 0. The van der Waals surface area contributed by atoms with Crippen molar-refractivity contribution in [3.05, 3.63) is 0 Å². The molecule has 0 spiro atoms. The standard InChI is InChI=1S/C11H20N2O3/c1-2-3-5-12-10(14)8-13-6-4-9(7-13)11(15)16/h9H,2-8H2,1H3,(H,12,14)(H,15,16)/t9-/m0/s1. The molecule has 1 saturated heterocycles. The second kappa shape index (κ2) is 6.48. The van der Waals surface area contributed by atoms with Crippen LogP contribution in [0.1, 0.15) is 26.2 Å². The number of rotatable bonds is 6. The van der Waals surface area contributed by atoms with E-state index in [0.29, 0.717) is 32.6 Å². The van der Waals surface area contributed by atoms with Crippen molar-refractivity contribution in [1.29, 1.82) is 0 Å². The van der Waals surface area contributed by atoms with Gasteiger partial charge in [0.1, 0.15) is 0 Å². The molecule has 0 bridgehead atoms. The number of unbranched alkanes of at least 4 members (excludes halogenated alkanes) is 1. The van der Waals surface area contributed by atoms with E-state index in [-0.39, 0.29) is 11.8 Å². The summed E-state index contributed by atoms with van der Waals surface area (Å²) in [6.07, 6.45) is 2.70. The minimum Gasteiger partial charge on any atom is -0.481 e. The molecule has 1 rings (SSSR count). The zero-order valence-corrected chi connectivity index (χ0v) is 9.74. The van der Waals surface area contributed by atoms with Crippen LogP contribution < -0.4 is 5.32 Å². The van der Waals surface area contributed by atoms with Gasteiger partial charge in [-0.25, -0.2) is 0 Å². The van der Waals surface area contributed by atoms with Crippen LogP contribution in [0.4, 0.5) is 0 Å². The van der Waals surface area contributed by atoms with Crippen molar-refractivity contribution in [3.63, 3.8) is 0 Å². The fourth-order valence-electron chi connectivity index (χ4n) is 1.84. The molecule has 1 fully saturated rings. The number of carboxylic acids is 1. The Morgan fingerprint density at radius 2 is 2.25 bits per heavy atom. The molecule has 0 saturated carbocycles. The first-order valence-corrected chi connectivity index (χ1v) is 5.85. The molecule has 1 aliphatic heterocycles. The Kier molecular flexibility index (Phi) is 5.25. The van der Waals surface area contributed by atoms with E-state index in [4.69, 9.17) is 5.11 Å². The summed E-state index contributed by atoms with van der Waals surface area (Å²) >= 11 is 0. The van der Waals surface area contributed by atoms with Gasteiger partial charge in [0.05, 0.1) is 12.5 Å². The topological polar surface area (TPSA) is 69.6 Å². The Morgan fingerprint density at radius 1 is 1.50 bits per heavy atom. The second-order valence-corrected chi connectivity index (χ2v) is 4.26. The second-order valence-electron chi connectivity index (χ2n) is 4.26. The normalized spacial score (nSPS) is 20.9. The molecule has 1 aliphatic rings. The molecule has 5 heteroatoms. The lowest BCUT2D eigenvalue weighted by molar-refractivity contribution is -0.141. The zero-order valence-electron chi connectivity index (χ0n) is 9.74. The van der Waals surface area contributed by atoms with Gasteiger partial charge in [-0.2, -0.15) is 0 Å². The number of aliphatic carboxylic acids is 1. The van der Waals surface area contributed by atoms with E-state index in [2.05, 4.69) is 12.2 Å². The SMILES string of the molecule is CCCCNC(=O)CN1CC[C@H](C(=O)O)C1. The van der Waals surface area contributed by atoms with Crippen LogP contribution in [-0.2, 0) is 9.59 Å². The lowest BCUT2D eigenvalue weighted by atomic mass is 10.1. The average molecular weight is 228 g/mol. The number of likely N-dealkylation sites (tertiary alicyclic amines) is 1. The fourth-order valence-corrected chi connectivity index (χ4v) is 1.84. The van der Waals surface area contributed by atoms with Crippen LogP contribution in [0.25, 0.3) is 0 Å². The van der Waals surface area contributed by atoms with Crippen molar-refractivity contribution in [2.75, 3.05) is 26.2 Å². The van der Waals surface area contributed by atoms with E-state index >= 15 is 0 Å². The predicted molar refractivity (Wildman–Crippen MR) is 60.1 cm³/mol. The quantitative estimate of drug-likeness (QED) is 0.642. The molecule has 2 N–H and O–H groups in total. The Hall–Kier alpha value is -1.10. The van der Waals surface area contributed by atoms with Gasteiger partial charge in [0.25, 0.3) is 0 Å². The molecule has 92 valence electrons. The highest BCUT2D eigenvalue weighted by Crippen LogP contribution is 2.15. The minimum absolute atomic E-state index is 0.000473. The van der Waals surface area contributed by atoms with Crippen LogP contribution in [0.3, 0.4) is 0 Å². The molecular weight excluding hydrogens is 208 g/mol. The third kappa shape index (κ3) is 4.18. The largest absolute Gasteiger partial charge is 0.481 e. The highest BCUT2D eigenvalue weighted by Gasteiger charge is 2.28. The smallest absolute Gasteiger partial charge is 0.307 e. The van der Waals surface area contributed by atoms with Gasteiger partial charge in [-0.1, -0.05) is 13.3 Å². The zero-order chi connectivity index (χ0) is 12.0. The van der Waals surface area contributed by atoms with Gasteiger partial charge < -0.3 is 10.4 Å². The number of carbonyl (C=O) groups is 2. The summed E-state index contributed by atoms with van der Waals surface area (Å²) in [4.78, 5) is 24.1. The molecule has 0 aromatic carbocycles. The van der Waals surface area contributed by atoms with Gasteiger partial charge in [-0.05, 0) is 19.4 Å². The first-order chi connectivity index (χ1) is 7.63. The number of hydrogen-bond acceptors (Lipinski definition) is 3. The maximum absolute atomic E-state index is 11.5. The van der Waals surface area contributed by atoms with Crippen LogP contribution in [0.5, 0.6) is 0 Å². The molecule has 1 heterocycles. The van der Waals surface area contributed by atoms with Crippen LogP contribution in [0, 0.1) is 5.92 Å². The molecule has 1 atom stereocenters. The van der Waals surface area contributed by atoms with Gasteiger partial charge in [0, 0.05) is 13.1 Å². The maximum Gasteiger partial charge on any atom is 0.307 e. The van der Waals surface area contributed by atoms with E-state index in [9.17, 15) is 9.59 Å². The highest BCUT2D eigenvalue weighted by atomic mass is 16.4. The predicted octanol–water partition coefficient (Wildman–Crippen LogP) is 0.309. The van der Waals surface area contributed by atoms with Crippen molar-refractivity contribution >= 4 is 11.9 Å². The van der Waals surface area contributed by atoms with Crippen molar-refractivity contribution in [1.82, 2.24) is 10.2 Å². The Bertz CT molecular complexity index is 256. The average Bonchev–Trinajstić information content (AvgIpc) is 2.66. The van der Waals surface area contributed by atoms with E-state index < -0.39 is 5.97 Å². The van der Waals surface area contributed by atoms with Crippen molar-refractivity contribution in [2.24, 2.45) is 5.92 Å². The summed E-state index contributed by atoms with van der Waals surface area (Å²) < 4.78 is 0. The lowest BCUT2D eigenvalue weighted by Crippen LogP contribution is -2.36. The van der Waals surface area contributed by atoms with Gasteiger partial charge in [-0.15, -0.1) is 0 Å². The third-order valence-electron chi connectivity index (χ3n) is 2.84. The number of nitrogens with one attached hydrogen (secondary N) is 1. The number of amides is 1. The summed E-state index contributed by atoms with van der Waals surface area (Å²) in [6, 6.07) is 0. The van der Waals surface area contributed by atoms with Crippen LogP contribution in [0.15, 0.2) is 0 Å². The Balaban J connectivity index is 2.18. The van der Waals surface area contributed by atoms with Crippen molar-refractivity contribution in [2.45, 2.75) is 26.2 Å². The van der Waals surface area contributed by atoms with E-state index in [1.807, 2.05) is 4.90 Å². The molecule has 0 aromatic rings. The van der Waals surface area contributed by atoms with Crippen LogP contribution in [0.2, 0.25) is 0 Å². The Labute approximate surface area is 95.8 Å². The first kappa shape index (κ1) is 13.0. The van der Waals surface area contributed by atoms with Crippen molar-refractivity contribution < 1.29 is 14.7 Å². The molecule has 0 radical (unpaired) electrons. The lowest BCUT2D eigenvalue weighted by Gasteiger charge is -2.14. The monoisotopic (exact) mass is 228 g/mol. The number of carboxylic acid groups (broad SMARTS) is 1. The summed E-state index contributed by atoms with van der Waals surface area (Å²) in [5.41, 5.74) is 0. The highest BCUT2D eigenvalue weighted by molar-refractivity contribution is 5.78. The number of nitrogens with zero attached hydrogens (tertiary/aromatic N) is 1. The molecule has 0 aliphatic carbocycles. The molecule has 5 nitrogen and oxygen atoms in total. The molecular formula is C11H20N2O3. The van der Waals surface area contributed by atoms with Gasteiger partial charge >= 0.3 is 5.97 Å². The van der Waals surface area contributed by atoms with Gasteiger partial charge in [0.2, 0.25) is 5.91 Å². The van der Waals surface area contributed by atoms with E-state index in [1.54, 1.807) is 0 Å². The summed E-state index contributed by atoms with van der Waals surface area (Å²) in [5, 5.41) is 11.6. The molecule has 0 aromatic heterocycles. The van der Waals surface area contributed by atoms with Crippen LogP contribution in [-0.4, -0.2) is 48.1 Å². The minimum atomic E-state index is -0.756. The summed E-state index contributed by atoms with van der Waals surface area (Å²) in [6.45, 7) is 4.32. The molecule has 0 unspecified atom stereocenters. The first-order valence-electron chi connectivity index (χ1n) is 5.85. The molecule has 16 heavy (non-hydrogen) atoms. The van der Waals surface area contributed by atoms with Crippen molar-refractivity contribution in [3.8, 4) is 0 Å². The Morgan fingerprint density at radius 3 is 2.81 bits per heavy atom. The maximum atomic E-state index is 11.5. The van der Waals surface area contributed by atoms with Gasteiger partial charge in [0.15, 0.2) is 0 Å². The van der Waals surface area contributed by atoms with Crippen LogP contribution >= 0.6 is 0 Å². The number of hydrogen-bond donors (Lipinski definition) is 2. The number of carbonyl (C=O) groups excluding carboxylic acids is 1. The van der Waals surface area contributed by atoms with E-state index in [0.717, 1.165) is 12.8 Å².